The van der Waals surface area contributed by atoms with Gasteiger partial charge in [-0.1, -0.05) is 23.9 Å². The smallest absolute Gasteiger partial charge is 0.234 e. The number of carbonyl (C=O) groups is 1. The highest BCUT2D eigenvalue weighted by Crippen LogP contribution is 2.41. The predicted octanol–water partition coefficient (Wildman–Crippen LogP) is 4.12. The molecule has 9 nitrogen and oxygen atoms in total. The number of anilines is 1. The van der Waals surface area contributed by atoms with Gasteiger partial charge >= 0.3 is 0 Å². The number of nitrogens with zero attached hydrogens (tertiary/aromatic N) is 3. The lowest BCUT2D eigenvalue weighted by Gasteiger charge is -2.14. The lowest BCUT2D eigenvalue weighted by Crippen LogP contribution is -2.15. The molecular weight excluding hydrogens is 444 g/mol. The molecule has 3 rings (SSSR count). The Morgan fingerprint density at radius 1 is 1.00 bits per heavy atom. The van der Waals surface area contributed by atoms with Crippen molar-refractivity contribution in [2.75, 3.05) is 39.0 Å². The molecule has 0 saturated carbocycles. The molecule has 10 heteroatoms. The van der Waals surface area contributed by atoms with Crippen molar-refractivity contribution in [2.24, 2.45) is 0 Å². The maximum absolute atomic E-state index is 12.6. The molecule has 0 bridgehead atoms. The van der Waals surface area contributed by atoms with Gasteiger partial charge in [-0.2, -0.15) is 0 Å². The van der Waals surface area contributed by atoms with E-state index in [-0.39, 0.29) is 11.7 Å². The molecule has 1 heterocycles. The van der Waals surface area contributed by atoms with E-state index >= 15 is 0 Å². The first kappa shape index (κ1) is 24.2. The van der Waals surface area contributed by atoms with Crippen LogP contribution in [0, 0.1) is 0 Å². The lowest BCUT2D eigenvalue weighted by atomic mass is 10.1. The van der Waals surface area contributed by atoms with Gasteiger partial charge in [0.25, 0.3) is 0 Å². The summed E-state index contributed by atoms with van der Waals surface area (Å²) >= 11 is 1.31. The van der Waals surface area contributed by atoms with Crippen LogP contribution in [0.3, 0.4) is 0 Å². The van der Waals surface area contributed by atoms with Crippen molar-refractivity contribution in [3.63, 3.8) is 0 Å². The van der Waals surface area contributed by atoms with Gasteiger partial charge in [-0.3, -0.25) is 4.79 Å². The number of aromatic nitrogens is 3. The molecule has 2 aromatic carbocycles. The number of rotatable bonds is 11. The quantitative estimate of drug-likeness (QED) is 0.416. The van der Waals surface area contributed by atoms with Crippen molar-refractivity contribution in [1.82, 2.24) is 14.8 Å². The standard InChI is InChI=1S/C23H28N4O5S/c1-6-27-22(15-12-18(29-3)21(31-5)19(13-15)30-4)25-26-23(27)33-14-20(28)24-16-10-8-9-11-17(16)32-7-2/h8-13H,6-7,14H2,1-5H3,(H,24,28). The zero-order valence-corrected chi connectivity index (χ0v) is 20.2. The largest absolute Gasteiger partial charge is 0.493 e. The van der Waals surface area contributed by atoms with E-state index in [4.69, 9.17) is 18.9 Å². The summed E-state index contributed by atoms with van der Waals surface area (Å²) in [6.07, 6.45) is 0. The van der Waals surface area contributed by atoms with E-state index in [1.807, 2.05) is 54.8 Å². The molecular formula is C23H28N4O5S. The monoisotopic (exact) mass is 472 g/mol. The Hall–Kier alpha value is -3.40. The van der Waals surface area contributed by atoms with Gasteiger partial charge in [-0.15, -0.1) is 10.2 Å². The van der Waals surface area contributed by atoms with Crippen molar-refractivity contribution >= 4 is 23.4 Å². The third-order valence-electron chi connectivity index (χ3n) is 4.75. The average Bonchev–Trinajstić information content (AvgIpc) is 3.26. The van der Waals surface area contributed by atoms with Crippen LogP contribution in [0.1, 0.15) is 13.8 Å². The summed E-state index contributed by atoms with van der Waals surface area (Å²) in [6.45, 7) is 5.03. The van der Waals surface area contributed by atoms with E-state index < -0.39 is 0 Å². The second-order valence-corrected chi connectivity index (χ2v) is 7.67. The van der Waals surface area contributed by atoms with Crippen LogP contribution in [0.2, 0.25) is 0 Å². The molecule has 1 amide bonds. The van der Waals surface area contributed by atoms with Gasteiger partial charge in [0.2, 0.25) is 11.7 Å². The number of methoxy groups -OCH3 is 3. The minimum atomic E-state index is -0.160. The van der Waals surface area contributed by atoms with E-state index in [2.05, 4.69) is 15.5 Å². The highest BCUT2D eigenvalue weighted by molar-refractivity contribution is 7.99. The fourth-order valence-corrected chi connectivity index (χ4v) is 4.07. The molecule has 0 spiro atoms. The number of para-hydroxylation sites is 2. The SMILES string of the molecule is CCOc1ccccc1NC(=O)CSc1nnc(-c2cc(OC)c(OC)c(OC)c2)n1CC. The Morgan fingerprint density at radius 3 is 2.30 bits per heavy atom. The summed E-state index contributed by atoms with van der Waals surface area (Å²) in [6, 6.07) is 11.0. The molecule has 176 valence electrons. The van der Waals surface area contributed by atoms with Crippen LogP contribution in [-0.2, 0) is 11.3 Å². The Labute approximate surface area is 197 Å². The van der Waals surface area contributed by atoms with E-state index in [1.54, 1.807) is 21.3 Å². The lowest BCUT2D eigenvalue weighted by molar-refractivity contribution is -0.113. The number of carbonyl (C=O) groups excluding carboxylic acids is 1. The average molecular weight is 473 g/mol. The first-order chi connectivity index (χ1) is 16.1. The van der Waals surface area contributed by atoms with Crippen LogP contribution in [0.15, 0.2) is 41.6 Å². The molecule has 3 aromatic rings. The maximum atomic E-state index is 12.6. The number of hydrogen-bond acceptors (Lipinski definition) is 8. The summed E-state index contributed by atoms with van der Waals surface area (Å²) in [5.41, 5.74) is 1.40. The van der Waals surface area contributed by atoms with Crippen molar-refractivity contribution in [3.05, 3.63) is 36.4 Å². The summed E-state index contributed by atoms with van der Waals surface area (Å²) in [5, 5.41) is 12.2. The molecule has 1 N–H and O–H groups in total. The highest BCUT2D eigenvalue weighted by Gasteiger charge is 2.20. The van der Waals surface area contributed by atoms with Crippen molar-refractivity contribution in [1.29, 1.82) is 0 Å². The fourth-order valence-electron chi connectivity index (χ4n) is 3.27. The molecule has 0 aliphatic heterocycles. The first-order valence-electron chi connectivity index (χ1n) is 10.4. The van der Waals surface area contributed by atoms with Crippen LogP contribution in [-0.4, -0.2) is 54.4 Å². The third kappa shape index (κ3) is 5.51. The number of nitrogens with one attached hydrogen (secondary N) is 1. The van der Waals surface area contributed by atoms with Crippen molar-refractivity contribution in [3.8, 4) is 34.4 Å². The van der Waals surface area contributed by atoms with Gasteiger partial charge in [0.15, 0.2) is 22.5 Å². The van der Waals surface area contributed by atoms with Gasteiger partial charge in [0.05, 0.1) is 39.4 Å². The minimum absolute atomic E-state index is 0.160. The molecule has 0 radical (unpaired) electrons. The minimum Gasteiger partial charge on any atom is -0.493 e. The van der Waals surface area contributed by atoms with Gasteiger partial charge in [-0.05, 0) is 38.1 Å². The van der Waals surface area contributed by atoms with E-state index in [9.17, 15) is 4.79 Å². The fraction of sp³-hybridized carbons (Fsp3) is 0.348. The van der Waals surface area contributed by atoms with Gasteiger partial charge in [0.1, 0.15) is 5.75 Å². The van der Waals surface area contributed by atoms with Crippen molar-refractivity contribution < 1.29 is 23.7 Å². The maximum Gasteiger partial charge on any atom is 0.234 e. The van der Waals surface area contributed by atoms with E-state index in [0.29, 0.717) is 52.8 Å². The number of benzene rings is 2. The van der Waals surface area contributed by atoms with E-state index in [0.717, 1.165) is 5.56 Å². The summed E-state index contributed by atoms with van der Waals surface area (Å²) in [4.78, 5) is 12.6. The Bertz CT molecular complexity index is 1080. The van der Waals surface area contributed by atoms with Crippen LogP contribution < -0.4 is 24.3 Å². The summed E-state index contributed by atoms with van der Waals surface area (Å²) < 4.78 is 23.8. The van der Waals surface area contributed by atoms with Crippen molar-refractivity contribution in [2.45, 2.75) is 25.5 Å². The number of ether oxygens (including phenoxy) is 4. The first-order valence-corrected chi connectivity index (χ1v) is 11.4. The Balaban J connectivity index is 1.79. The summed E-state index contributed by atoms with van der Waals surface area (Å²) in [5.74, 6) is 2.85. The Morgan fingerprint density at radius 2 is 1.70 bits per heavy atom. The molecule has 0 fully saturated rings. The number of hydrogen-bond donors (Lipinski definition) is 1. The van der Waals surface area contributed by atoms with Crippen LogP contribution in [0.25, 0.3) is 11.4 Å². The normalized spacial score (nSPS) is 10.6. The van der Waals surface area contributed by atoms with Gasteiger partial charge in [-0.25, -0.2) is 0 Å². The second kappa shape index (κ2) is 11.5. The summed E-state index contributed by atoms with van der Waals surface area (Å²) in [7, 11) is 4.69. The van der Waals surface area contributed by atoms with E-state index in [1.165, 1.54) is 11.8 Å². The van der Waals surface area contributed by atoms with Crippen LogP contribution >= 0.6 is 11.8 Å². The molecule has 0 unspecified atom stereocenters. The number of thioether (sulfide) groups is 1. The van der Waals surface area contributed by atoms with Crippen LogP contribution in [0.5, 0.6) is 23.0 Å². The molecule has 0 saturated heterocycles. The zero-order chi connectivity index (χ0) is 23.8. The topological polar surface area (TPSA) is 96.7 Å². The Kier molecular flexibility index (Phi) is 8.42. The van der Waals surface area contributed by atoms with Crippen LogP contribution in [0.4, 0.5) is 5.69 Å². The molecule has 0 aliphatic rings. The molecule has 33 heavy (non-hydrogen) atoms. The van der Waals surface area contributed by atoms with Gasteiger partial charge < -0.3 is 28.8 Å². The highest BCUT2D eigenvalue weighted by atomic mass is 32.2. The second-order valence-electron chi connectivity index (χ2n) is 6.73. The predicted molar refractivity (Wildman–Crippen MR) is 128 cm³/mol. The molecule has 0 atom stereocenters. The third-order valence-corrected chi connectivity index (χ3v) is 5.72. The molecule has 0 aliphatic carbocycles. The van der Waals surface area contributed by atoms with Gasteiger partial charge in [0, 0.05) is 12.1 Å². The number of amides is 1. The zero-order valence-electron chi connectivity index (χ0n) is 19.4. The molecule has 1 aromatic heterocycles.